The fourth-order valence-corrected chi connectivity index (χ4v) is 10.8. The molecule has 1 aliphatic heterocycles. The Bertz CT molecular complexity index is 1290. The molecule has 5 rings (SSSR count). The van der Waals surface area contributed by atoms with E-state index < -0.39 is 27.0 Å². The van der Waals surface area contributed by atoms with E-state index >= 15 is 0 Å². The van der Waals surface area contributed by atoms with Crippen LogP contribution in [0.15, 0.2) is 48.5 Å². The van der Waals surface area contributed by atoms with Crippen LogP contribution in [0.4, 0.5) is 0 Å². The van der Waals surface area contributed by atoms with Gasteiger partial charge in [0.1, 0.15) is 0 Å². The third-order valence-electron chi connectivity index (χ3n) is 9.31. The number of benzene rings is 2. The van der Waals surface area contributed by atoms with Crippen molar-refractivity contribution in [3.63, 3.8) is 0 Å². The molecule has 1 saturated carbocycles. The zero-order chi connectivity index (χ0) is 28.1. The van der Waals surface area contributed by atoms with E-state index in [-0.39, 0.29) is 22.5 Å². The molecule has 0 saturated heterocycles. The van der Waals surface area contributed by atoms with E-state index in [4.69, 9.17) is 9.16 Å². The fourth-order valence-electron chi connectivity index (χ4n) is 6.02. The van der Waals surface area contributed by atoms with E-state index in [9.17, 15) is 0 Å². The molecular formula is C31H46N4O2SiSn. The van der Waals surface area contributed by atoms with Gasteiger partial charge in [0.2, 0.25) is 0 Å². The van der Waals surface area contributed by atoms with Crippen molar-refractivity contribution in [3.05, 3.63) is 71.0 Å². The van der Waals surface area contributed by atoms with E-state index in [1.54, 1.807) is 0 Å². The summed E-state index contributed by atoms with van der Waals surface area (Å²) in [4.78, 5) is 7.13. The Labute approximate surface area is 240 Å². The molecule has 2 aromatic carbocycles. The maximum absolute atomic E-state index is 7.21. The predicted octanol–water partition coefficient (Wildman–Crippen LogP) is 7.53. The van der Waals surface area contributed by atoms with Crippen LogP contribution < -0.4 is 4.74 Å². The minimum atomic E-state index is -2.58. The zero-order valence-electron chi connectivity index (χ0n) is 25.1. The van der Waals surface area contributed by atoms with Crippen molar-refractivity contribution in [1.82, 2.24) is 18.4 Å². The number of aromatic nitrogens is 4. The van der Waals surface area contributed by atoms with Gasteiger partial charge in [0.15, 0.2) is 0 Å². The Morgan fingerprint density at radius 3 is 2.38 bits per heavy atom. The first-order valence-electron chi connectivity index (χ1n) is 14.6. The maximum atomic E-state index is 7.21. The van der Waals surface area contributed by atoms with Crippen LogP contribution in [0.25, 0.3) is 0 Å². The van der Waals surface area contributed by atoms with Gasteiger partial charge >= 0.3 is 223 Å². The van der Waals surface area contributed by atoms with Crippen LogP contribution in [-0.2, 0) is 16.3 Å². The summed E-state index contributed by atoms with van der Waals surface area (Å²) in [5.74, 6) is 2.31. The summed E-state index contributed by atoms with van der Waals surface area (Å²) in [7, 11) is -2.02. The molecule has 0 unspecified atom stereocenters. The molecule has 1 fully saturated rings. The monoisotopic (exact) mass is 654 g/mol. The molecule has 0 N–H and O–H groups in total. The van der Waals surface area contributed by atoms with Crippen molar-refractivity contribution in [1.29, 1.82) is 0 Å². The molecule has 39 heavy (non-hydrogen) atoms. The summed E-state index contributed by atoms with van der Waals surface area (Å²) in [6, 6.07) is 17.7. The summed E-state index contributed by atoms with van der Waals surface area (Å²) in [6.07, 6.45) is 5.50. The minimum Gasteiger partial charge on any atom is -0.0622 e. The second kappa shape index (κ2) is 10.6. The number of hydrogen-bond donors (Lipinski definition) is 0. The number of fused-ring (bicyclic) bond motifs is 1. The van der Waals surface area contributed by atoms with Gasteiger partial charge in [-0.2, -0.15) is 0 Å². The van der Waals surface area contributed by atoms with E-state index in [2.05, 4.69) is 116 Å². The van der Waals surface area contributed by atoms with Crippen LogP contribution in [-0.4, -0.2) is 52.0 Å². The first kappa shape index (κ1) is 28.8. The van der Waals surface area contributed by atoms with Gasteiger partial charge in [0.05, 0.1) is 0 Å². The Balaban J connectivity index is 1.55. The molecule has 1 aromatic heterocycles. The van der Waals surface area contributed by atoms with Gasteiger partial charge in [-0.25, -0.2) is 0 Å². The molecule has 0 bridgehead atoms. The average molecular weight is 654 g/mol. The minimum absolute atomic E-state index is 0.0134. The van der Waals surface area contributed by atoms with Gasteiger partial charge < -0.3 is 0 Å². The van der Waals surface area contributed by atoms with Gasteiger partial charge in [-0.15, -0.1) is 0 Å². The van der Waals surface area contributed by atoms with Crippen molar-refractivity contribution < 1.29 is 9.16 Å². The van der Waals surface area contributed by atoms with Crippen molar-refractivity contribution in [2.45, 2.75) is 97.3 Å². The number of rotatable bonds is 7. The topological polar surface area (TPSA) is 62.1 Å². The summed E-state index contributed by atoms with van der Waals surface area (Å²) in [5.41, 5.74) is 3.67. The zero-order valence-corrected chi connectivity index (χ0v) is 29.0. The van der Waals surface area contributed by atoms with E-state index in [1.807, 2.05) is 0 Å². The molecule has 2 heterocycles. The molecule has 1 aliphatic carbocycles. The van der Waals surface area contributed by atoms with E-state index in [1.165, 1.54) is 29.5 Å². The van der Waals surface area contributed by atoms with Gasteiger partial charge in [-0.05, 0) is 0 Å². The van der Waals surface area contributed by atoms with E-state index in [0.29, 0.717) is 6.61 Å². The summed E-state index contributed by atoms with van der Waals surface area (Å²) in [6.45, 7) is 12.4. The summed E-state index contributed by atoms with van der Waals surface area (Å²) < 4.78 is 16.0. The number of nitrogens with zero attached hydrogens (tertiary/aromatic N) is 4. The molecule has 0 amide bonds. The molecule has 210 valence electrons. The van der Waals surface area contributed by atoms with Gasteiger partial charge in [-0.1, -0.05) is 18.2 Å². The number of hydrogen-bond acceptors (Lipinski definition) is 5. The molecule has 3 aromatic rings. The second-order valence-electron chi connectivity index (χ2n) is 14.2. The van der Waals surface area contributed by atoms with Crippen LogP contribution in [0.3, 0.4) is 0 Å². The molecule has 0 spiro atoms. The Hall–Kier alpha value is -1.71. The Morgan fingerprint density at radius 2 is 1.74 bits per heavy atom. The van der Waals surface area contributed by atoms with Gasteiger partial charge in [-0.3, -0.25) is 0 Å². The SMILES string of the molecule is CC(C)(C)[Si](C)(C)O[C@H]1c2ccc(C3(c4nnn[n]4[Sn]([CH3])([CH3])[CH3])CCCC3)cc2OC[C@@H]1Cc1ccccc1. The Kier molecular flexibility index (Phi) is 7.83. The van der Waals surface area contributed by atoms with Crippen molar-refractivity contribution in [2.24, 2.45) is 5.92 Å². The average Bonchev–Trinajstić information content (AvgIpc) is 3.56. The predicted molar refractivity (Wildman–Crippen MR) is 162 cm³/mol. The van der Waals surface area contributed by atoms with Crippen molar-refractivity contribution >= 4 is 27.0 Å². The van der Waals surface area contributed by atoms with Gasteiger partial charge in [0.25, 0.3) is 0 Å². The van der Waals surface area contributed by atoms with Crippen LogP contribution >= 0.6 is 0 Å². The molecule has 2 aliphatic rings. The first-order chi connectivity index (χ1) is 18.3. The normalized spacial score (nSPS) is 21.4. The molecule has 2 atom stereocenters. The molecule has 6 nitrogen and oxygen atoms in total. The molecule has 0 radical (unpaired) electrons. The summed E-state index contributed by atoms with van der Waals surface area (Å²) >= 11 is -2.58. The van der Waals surface area contributed by atoms with Crippen molar-refractivity contribution in [3.8, 4) is 5.75 Å². The quantitative estimate of drug-likeness (QED) is 0.247. The Morgan fingerprint density at radius 1 is 1.05 bits per heavy atom. The number of tetrazole rings is 1. The van der Waals surface area contributed by atoms with Crippen LogP contribution in [0.1, 0.15) is 75.1 Å². The van der Waals surface area contributed by atoms with Crippen molar-refractivity contribution in [2.75, 3.05) is 6.61 Å². The smallest absolute Gasteiger partial charge is 0.0622 e. The fraction of sp³-hybridized carbons (Fsp3) is 0.581. The van der Waals surface area contributed by atoms with E-state index in [0.717, 1.165) is 30.8 Å². The molecular weight excluding hydrogens is 607 g/mol. The van der Waals surface area contributed by atoms with Gasteiger partial charge in [0, 0.05) is 0 Å². The van der Waals surface area contributed by atoms with Crippen LogP contribution in [0, 0.1) is 5.92 Å². The third-order valence-corrected chi connectivity index (χ3v) is 18.3. The molecule has 8 heteroatoms. The second-order valence-corrected chi connectivity index (χ2v) is 32.5. The van der Waals surface area contributed by atoms with Crippen LogP contribution in [0.5, 0.6) is 5.75 Å². The standard InChI is InChI=1S/C28H37N4O2Si.3CH3.Sn/c1-27(2,3)35(4,5)34-25-21(17-20-11-7-6-8-12-20)19-33-24-18-22(13-14-23(24)25)28(15-9-10-16-28)26-29-31-32-30-26;;;;/h6-8,11-14,18,21,25H,9-10,15-17,19H2,1-5H3;3*1H3;/q-1;;;;+1/t21-,25+;;;;/m0..../s1. The third kappa shape index (κ3) is 5.60. The summed E-state index contributed by atoms with van der Waals surface area (Å²) in [5, 5.41) is 13.5. The van der Waals surface area contributed by atoms with Crippen LogP contribution in [0.2, 0.25) is 33.0 Å². The first-order valence-corrected chi connectivity index (χ1v) is 27.3. The number of ether oxygens (including phenoxy) is 1.